The Kier molecular flexibility index (Phi) is 5.05. The molecule has 31 heavy (non-hydrogen) atoms. The van der Waals surface area contributed by atoms with Gasteiger partial charge in [0, 0.05) is 11.6 Å². The van der Waals surface area contributed by atoms with Gasteiger partial charge in [-0.3, -0.25) is 4.79 Å². The number of allylic oxidation sites excluding steroid dienone is 2. The minimum absolute atomic E-state index is 0.166. The van der Waals surface area contributed by atoms with Crippen LogP contribution in [0, 0.1) is 0 Å². The Hall–Kier alpha value is -3.60. The van der Waals surface area contributed by atoms with Crippen molar-refractivity contribution >= 4 is 22.8 Å². The van der Waals surface area contributed by atoms with E-state index in [0.717, 1.165) is 5.56 Å². The molecule has 0 fully saturated rings. The smallest absolute Gasteiger partial charge is 0.336 e. The van der Waals surface area contributed by atoms with Gasteiger partial charge >= 0.3 is 5.63 Å². The van der Waals surface area contributed by atoms with Crippen molar-refractivity contribution in [3.05, 3.63) is 75.7 Å². The van der Waals surface area contributed by atoms with E-state index < -0.39 is 11.2 Å². The summed E-state index contributed by atoms with van der Waals surface area (Å²) in [6, 6.07) is 10.9. The third kappa shape index (κ3) is 3.46. The molecule has 2 aromatic carbocycles. The summed E-state index contributed by atoms with van der Waals surface area (Å²) in [6.45, 7) is 7.32. The van der Waals surface area contributed by atoms with E-state index in [1.54, 1.807) is 27.0 Å². The summed E-state index contributed by atoms with van der Waals surface area (Å²) in [4.78, 5) is 26.1. The minimum atomic E-state index is -0.637. The van der Waals surface area contributed by atoms with E-state index >= 15 is 0 Å². The van der Waals surface area contributed by atoms with Crippen molar-refractivity contribution in [2.45, 2.75) is 33.3 Å². The van der Waals surface area contributed by atoms with Gasteiger partial charge in [-0.05, 0) is 51.0 Å². The Morgan fingerprint density at radius 1 is 1.16 bits per heavy atom. The molecular formula is C26H24O5. The standard InChI is InChI=1S/C26H24O5/c1-6-15(2)22(28)21-24-17(12-13-26(3,4)31-24)23(29-5)20-18(14-19(27)30-25(20)21)16-10-8-7-9-11-16/h6-14H,1-5H3. The first kappa shape index (κ1) is 20.7. The average Bonchev–Trinajstić information content (AvgIpc) is 2.76. The predicted octanol–water partition coefficient (Wildman–Crippen LogP) is 5.80. The lowest BCUT2D eigenvalue weighted by molar-refractivity contribution is 0.102. The van der Waals surface area contributed by atoms with Gasteiger partial charge in [-0.15, -0.1) is 0 Å². The summed E-state index contributed by atoms with van der Waals surface area (Å²) >= 11 is 0. The van der Waals surface area contributed by atoms with Crippen LogP contribution in [0.15, 0.2) is 63.3 Å². The first-order chi connectivity index (χ1) is 14.8. The molecule has 1 aliphatic rings. The number of hydrogen-bond donors (Lipinski definition) is 0. The summed E-state index contributed by atoms with van der Waals surface area (Å²) in [5.74, 6) is 0.594. The molecule has 0 saturated heterocycles. The number of hydrogen-bond acceptors (Lipinski definition) is 5. The molecule has 158 valence electrons. The van der Waals surface area contributed by atoms with Crippen molar-refractivity contribution in [2.24, 2.45) is 0 Å². The molecule has 3 aromatic rings. The van der Waals surface area contributed by atoms with Crippen molar-refractivity contribution in [1.29, 1.82) is 0 Å². The van der Waals surface area contributed by atoms with Gasteiger partial charge in [0.05, 0.1) is 18.1 Å². The fraction of sp³-hybridized carbons (Fsp3) is 0.231. The van der Waals surface area contributed by atoms with Gasteiger partial charge in [-0.1, -0.05) is 36.4 Å². The average molecular weight is 416 g/mol. The Balaban J connectivity index is 2.25. The number of rotatable bonds is 4. The maximum atomic E-state index is 13.5. The van der Waals surface area contributed by atoms with E-state index in [9.17, 15) is 9.59 Å². The van der Waals surface area contributed by atoms with Gasteiger partial charge in [-0.2, -0.15) is 0 Å². The normalized spacial score (nSPS) is 14.8. The number of ether oxygens (including phenoxy) is 2. The van der Waals surface area contributed by atoms with Crippen LogP contribution in [0.5, 0.6) is 11.5 Å². The Bertz CT molecular complexity index is 1310. The largest absolute Gasteiger partial charge is 0.495 e. The van der Waals surface area contributed by atoms with E-state index in [2.05, 4.69) is 0 Å². The van der Waals surface area contributed by atoms with Gasteiger partial charge < -0.3 is 13.9 Å². The van der Waals surface area contributed by atoms with E-state index in [4.69, 9.17) is 13.9 Å². The highest BCUT2D eigenvalue weighted by atomic mass is 16.5. The maximum Gasteiger partial charge on any atom is 0.336 e. The molecule has 0 bridgehead atoms. The maximum absolute atomic E-state index is 13.5. The SMILES string of the molecule is CC=C(C)C(=O)c1c2c(c(OC)c3c(-c4ccccc4)cc(=O)oc13)C=CC(C)(C)O2. The molecule has 0 radical (unpaired) electrons. The summed E-state index contributed by atoms with van der Waals surface area (Å²) < 4.78 is 17.7. The number of Topliss-reactive ketones (excluding diaryl/α,β-unsaturated/α-hetero) is 1. The van der Waals surface area contributed by atoms with Crippen LogP contribution < -0.4 is 15.1 Å². The number of fused-ring (bicyclic) bond motifs is 2. The zero-order valence-electron chi connectivity index (χ0n) is 18.2. The molecule has 0 aliphatic carbocycles. The van der Waals surface area contributed by atoms with Crippen LogP contribution in [0.4, 0.5) is 0 Å². The molecule has 0 spiro atoms. The molecule has 0 unspecified atom stereocenters. The molecule has 0 saturated carbocycles. The summed E-state index contributed by atoms with van der Waals surface area (Å²) in [7, 11) is 1.56. The van der Waals surface area contributed by atoms with E-state index in [0.29, 0.717) is 33.6 Å². The summed E-state index contributed by atoms with van der Waals surface area (Å²) in [5, 5.41) is 0.562. The second-order valence-corrected chi connectivity index (χ2v) is 8.04. The molecule has 5 nitrogen and oxygen atoms in total. The molecular weight excluding hydrogens is 392 g/mol. The van der Waals surface area contributed by atoms with E-state index in [1.165, 1.54) is 6.07 Å². The molecule has 0 atom stereocenters. The molecule has 4 rings (SSSR count). The fourth-order valence-electron chi connectivity index (χ4n) is 3.80. The lowest BCUT2D eigenvalue weighted by Crippen LogP contribution is -2.29. The van der Waals surface area contributed by atoms with Crippen molar-refractivity contribution in [3.8, 4) is 22.6 Å². The molecule has 0 N–H and O–H groups in total. The highest BCUT2D eigenvalue weighted by molar-refractivity contribution is 6.20. The van der Waals surface area contributed by atoms with Gasteiger partial charge in [0.25, 0.3) is 0 Å². The predicted molar refractivity (Wildman–Crippen MR) is 122 cm³/mol. The zero-order valence-corrected chi connectivity index (χ0v) is 18.2. The van der Waals surface area contributed by atoms with Crippen molar-refractivity contribution in [1.82, 2.24) is 0 Å². The lowest BCUT2D eigenvalue weighted by Gasteiger charge is -2.31. The van der Waals surface area contributed by atoms with Gasteiger partial charge in [0.1, 0.15) is 22.7 Å². The number of methoxy groups -OCH3 is 1. The molecule has 5 heteroatoms. The zero-order chi connectivity index (χ0) is 22.3. The molecule has 1 aromatic heterocycles. The van der Waals surface area contributed by atoms with Crippen molar-refractivity contribution in [2.75, 3.05) is 7.11 Å². The minimum Gasteiger partial charge on any atom is -0.495 e. The lowest BCUT2D eigenvalue weighted by atomic mass is 9.90. The van der Waals surface area contributed by atoms with Crippen LogP contribution in [0.3, 0.4) is 0 Å². The van der Waals surface area contributed by atoms with Crippen LogP contribution in [0.25, 0.3) is 28.2 Å². The number of carbonyl (C=O) groups is 1. The highest BCUT2D eigenvalue weighted by Crippen LogP contribution is 2.48. The monoisotopic (exact) mass is 416 g/mol. The molecule has 0 amide bonds. The second kappa shape index (κ2) is 7.58. The van der Waals surface area contributed by atoms with Gasteiger partial charge in [0.2, 0.25) is 0 Å². The first-order valence-corrected chi connectivity index (χ1v) is 10.1. The van der Waals surface area contributed by atoms with Gasteiger partial charge in [0.15, 0.2) is 11.4 Å². The van der Waals surface area contributed by atoms with Crippen LogP contribution in [0.2, 0.25) is 0 Å². The molecule has 1 aliphatic heterocycles. The summed E-state index contributed by atoms with van der Waals surface area (Å²) in [5.41, 5.74) is 1.84. The van der Waals surface area contributed by atoms with Crippen LogP contribution in [0.1, 0.15) is 43.6 Å². The second-order valence-electron chi connectivity index (χ2n) is 8.04. The Morgan fingerprint density at radius 3 is 2.52 bits per heavy atom. The van der Waals surface area contributed by atoms with Crippen LogP contribution in [-0.4, -0.2) is 18.5 Å². The third-order valence-electron chi connectivity index (χ3n) is 5.46. The first-order valence-electron chi connectivity index (χ1n) is 10.1. The van der Waals surface area contributed by atoms with Crippen LogP contribution in [-0.2, 0) is 0 Å². The van der Waals surface area contributed by atoms with Crippen LogP contribution >= 0.6 is 0 Å². The Labute approximate surface area is 180 Å². The van der Waals surface area contributed by atoms with E-state index in [-0.39, 0.29) is 16.9 Å². The fourth-order valence-corrected chi connectivity index (χ4v) is 3.80. The highest BCUT2D eigenvalue weighted by Gasteiger charge is 2.34. The topological polar surface area (TPSA) is 65.7 Å². The summed E-state index contributed by atoms with van der Waals surface area (Å²) in [6.07, 6.45) is 5.55. The Morgan fingerprint density at radius 2 is 1.87 bits per heavy atom. The third-order valence-corrected chi connectivity index (χ3v) is 5.46. The van der Waals surface area contributed by atoms with Crippen molar-refractivity contribution < 1.29 is 18.7 Å². The van der Waals surface area contributed by atoms with E-state index in [1.807, 2.05) is 56.3 Å². The molecule has 2 heterocycles. The number of carbonyl (C=O) groups excluding carboxylic acids is 1. The van der Waals surface area contributed by atoms with Gasteiger partial charge in [-0.25, -0.2) is 4.79 Å². The number of ketones is 1. The van der Waals surface area contributed by atoms with Crippen molar-refractivity contribution in [3.63, 3.8) is 0 Å². The quantitative estimate of drug-likeness (QED) is 0.305. The number of benzene rings is 2.